The van der Waals surface area contributed by atoms with E-state index in [-0.39, 0.29) is 17.8 Å². The predicted molar refractivity (Wildman–Crippen MR) is 125 cm³/mol. The molecule has 5 rings (SSSR count). The van der Waals surface area contributed by atoms with E-state index in [0.29, 0.717) is 33.2 Å². The fraction of sp³-hybridized carbons (Fsp3) is 0.217. The smallest absolute Gasteiger partial charge is 0.326 e. The summed E-state index contributed by atoms with van der Waals surface area (Å²) >= 11 is 6.16. The first-order valence-corrected chi connectivity index (χ1v) is 10.9. The van der Waals surface area contributed by atoms with Gasteiger partial charge in [-0.15, -0.1) is 0 Å². The Bertz CT molecular complexity index is 1370. The van der Waals surface area contributed by atoms with E-state index in [9.17, 15) is 14.9 Å². The van der Waals surface area contributed by atoms with Crippen LogP contribution in [0.3, 0.4) is 0 Å². The molecular formula is C23H20ClN7O2. The topological polar surface area (TPSA) is 123 Å². The highest BCUT2D eigenvalue weighted by Crippen LogP contribution is 2.34. The number of benzene rings is 1. The number of amides is 3. The summed E-state index contributed by atoms with van der Waals surface area (Å²) in [5, 5.41) is 26.6. The first-order valence-electron chi connectivity index (χ1n) is 10.5. The van der Waals surface area contributed by atoms with Gasteiger partial charge in [0, 0.05) is 22.7 Å². The number of nitrogens with zero attached hydrogens (tertiary/aromatic N) is 3. The SMILES string of the molecule is CC(Nc1cc2c(C=C3NC(=O)NC3=O)cnn2c(NC2CC2)c1C#N)c1cccc(Cl)c1. The standard InChI is InChI=1S/C23H20ClN7O2/c1-12(13-3-2-4-15(24)7-13)27-18-9-20-14(8-19-22(32)30-23(33)29-19)11-26-31(20)21(17(18)10-25)28-16-5-6-16/h2-4,7-9,11-12,16,27-28H,5-6H2,1H3,(H2,29,30,32,33). The van der Waals surface area contributed by atoms with Gasteiger partial charge in [0.2, 0.25) is 0 Å². The number of fused-ring (bicyclic) bond motifs is 1. The average Bonchev–Trinajstić information content (AvgIpc) is 3.43. The van der Waals surface area contributed by atoms with E-state index < -0.39 is 11.9 Å². The lowest BCUT2D eigenvalue weighted by Crippen LogP contribution is -2.22. The largest absolute Gasteiger partial charge is 0.377 e. The minimum absolute atomic E-state index is 0.128. The number of carbonyl (C=O) groups is 2. The van der Waals surface area contributed by atoms with Crippen LogP contribution >= 0.6 is 11.6 Å². The quantitative estimate of drug-likeness (QED) is 0.327. The number of nitrogens with one attached hydrogen (secondary N) is 4. The van der Waals surface area contributed by atoms with E-state index in [1.54, 1.807) is 16.8 Å². The lowest BCUT2D eigenvalue weighted by atomic mass is 10.1. The van der Waals surface area contributed by atoms with E-state index in [0.717, 1.165) is 18.4 Å². The Kier molecular flexibility index (Phi) is 5.15. The normalized spacial score (nSPS) is 17.5. The van der Waals surface area contributed by atoms with Crippen LogP contribution in [0.4, 0.5) is 16.3 Å². The number of halogens is 1. The van der Waals surface area contributed by atoms with Crippen LogP contribution in [-0.2, 0) is 4.79 Å². The Labute approximate surface area is 194 Å². The Morgan fingerprint density at radius 1 is 1.30 bits per heavy atom. The van der Waals surface area contributed by atoms with Crippen LogP contribution in [0, 0.1) is 11.3 Å². The molecule has 10 heteroatoms. The van der Waals surface area contributed by atoms with Gasteiger partial charge in [-0.1, -0.05) is 23.7 Å². The third-order valence-corrected chi connectivity index (χ3v) is 5.84. The summed E-state index contributed by atoms with van der Waals surface area (Å²) in [5.41, 5.74) is 3.49. The monoisotopic (exact) mass is 461 g/mol. The molecule has 0 radical (unpaired) electrons. The summed E-state index contributed by atoms with van der Waals surface area (Å²) in [4.78, 5) is 23.5. The molecule has 3 aromatic rings. The number of urea groups is 1. The number of anilines is 2. The summed E-state index contributed by atoms with van der Waals surface area (Å²) in [6, 6.07) is 11.3. The van der Waals surface area contributed by atoms with Crippen LogP contribution in [0.2, 0.25) is 5.02 Å². The van der Waals surface area contributed by atoms with Crippen LogP contribution in [0.5, 0.6) is 0 Å². The van der Waals surface area contributed by atoms with Gasteiger partial charge in [-0.2, -0.15) is 10.4 Å². The van der Waals surface area contributed by atoms with E-state index in [2.05, 4.69) is 32.4 Å². The van der Waals surface area contributed by atoms with E-state index in [4.69, 9.17) is 11.6 Å². The number of imide groups is 1. The highest BCUT2D eigenvalue weighted by atomic mass is 35.5. The molecule has 3 heterocycles. The van der Waals surface area contributed by atoms with Gasteiger partial charge in [-0.25, -0.2) is 9.31 Å². The second-order valence-corrected chi connectivity index (χ2v) is 8.53. The van der Waals surface area contributed by atoms with Crippen molar-refractivity contribution in [2.24, 2.45) is 0 Å². The first-order chi connectivity index (χ1) is 15.9. The molecule has 166 valence electrons. The second-order valence-electron chi connectivity index (χ2n) is 8.10. The molecule has 33 heavy (non-hydrogen) atoms. The van der Waals surface area contributed by atoms with Crippen LogP contribution in [-0.4, -0.2) is 27.6 Å². The molecule has 1 aromatic carbocycles. The number of hydrogen-bond donors (Lipinski definition) is 4. The summed E-state index contributed by atoms with van der Waals surface area (Å²) in [6.45, 7) is 1.99. The number of hydrogen-bond acceptors (Lipinski definition) is 6. The number of pyridine rings is 1. The van der Waals surface area contributed by atoms with Gasteiger partial charge < -0.3 is 16.0 Å². The van der Waals surface area contributed by atoms with Crippen LogP contribution in [0.1, 0.15) is 42.5 Å². The molecule has 1 saturated heterocycles. The molecule has 2 fully saturated rings. The van der Waals surface area contributed by atoms with E-state index in [1.807, 2.05) is 37.3 Å². The highest BCUT2D eigenvalue weighted by molar-refractivity contribution is 6.30. The maximum atomic E-state index is 12.0. The third-order valence-electron chi connectivity index (χ3n) is 5.61. The Balaban J connectivity index is 1.61. The predicted octanol–water partition coefficient (Wildman–Crippen LogP) is 3.79. The molecule has 0 bridgehead atoms. The zero-order valence-corrected chi connectivity index (χ0v) is 18.4. The summed E-state index contributed by atoms with van der Waals surface area (Å²) in [6.07, 6.45) is 5.21. The average molecular weight is 462 g/mol. The molecule has 9 nitrogen and oxygen atoms in total. The molecule has 2 aromatic heterocycles. The maximum Gasteiger partial charge on any atom is 0.326 e. The fourth-order valence-corrected chi connectivity index (χ4v) is 3.96. The van der Waals surface area contributed by atoms with Gasteiger partial charge in [-0.05, 0) is 49.6 Å². The van der Waals surface area contributed by atoms with Crippen LogP contribution < -0.4 is 21.3 Å². The van der Waals surface area contributed by atoms with Gasteiger partial charge in [0.05, 0.1) is 17.4 Å². The Morgan fingerprint density at radius 3 is 2.79 bits per heavy atom. The number of nitriles is 1. The number of rotatable bonds is 6. The van der Waals surface area contributed by atoms with Gasteiger partial charge in [-0.3, -0.25) is 10.1 Å². The number of aromatic nitrogens is 2. The van der Waals surface area contributed by atoms with Crippen molar-refractivity contribution in [2.45, 2.75) is 31.8 Å². The van der Waals surface area contributed by atoms with Crippen molar-refractivity contribution >= 4 is 46.6 Å². The minimum atomic E-state index is -0.566. The molecule has 3 amide bonds. The lowest BCUT2D eigenvalue weighted by Gasteiger charge is -2.20. The zero-order chi connectivity index (χ0) is 23.1. The van der Waals surface area contributed by atoms with Crippen molar-refractivity contribution in [1.29, 1.82) is 5.26 Å². The van der Waals surface area contributed by atoms with Crippen LogP contribution in [0.25, 0.3) is 11.6 Å². The summed E-state index contributed by atoms with van der Waals surface area (Å²) in [5.74, 6) is 0.0834. The van der Waals surface area contributed by atoms with Crippen molar-refractivity contribution in [3.8, 4) is 6.07 Å². The lowest BCUT2D eigenvalue weighted by molar-refractivity contribution is -0.115. The Morgan fingerprint density at radius 2 is 2.12 bits per heavy atom. The van der Waals surface area contributed by atoms with E-state index >= 15 is 0 Å². The van der Waals surface area contributed by atoms with E-state index in [1.165, 1.54) is 0 Å². The highest BCUT2D eigenvalue weighted by Gasteiger charge is 2.27. The third kappa shape index (κ3) is 4.08. The molecule has 4 N–H and O–H groups in total. The second kappa shape index (κ2) is 8.15. The van der Waals surface area contributed by atoms with Crippen molar-refractivity contribution in [3.63, 3.8) is 0 Å². The molecule has 1 aliphatic heterocycles. The molecular weight excluding hydrogens is 442 g/mol. The van der Waals surface area contributed by atoms with Gasteiger partial charge in [0.15, 0.2) is 0 Å². The van der Waals surface area contributed by atoms with Gasteiger partial charge in [0.1, 0.15) is 23.1 Å². The molecule has 1 atom stereocenters. The van der Waals surface area contributed by atoms with Gasteiger partial charge in [0.25, 0.3) is 5.91 Å². The molecule has 1 unspecified atom stereocenters. The molecule has 1 aliphatic carbocycles. The van der Waals surface area contributed by atoms with Gasteiger partial charge >= 0.3 is 6.03 Å². The number of carbonyl (C=O) groups excluding carboxylic acids is 2. The maximum absolute atomic E-state index is 12.0. The molecule has 2 aliphatic rings. The summed E-state index contributed by atoms with van der Waals surface area (Å²) < 4.78 is 1.66. The van der Waals surface area contributed by atoms with Crippen LogP contribution in [0.15, 0.2) is 42.2 Å². The Hall–Kier alpha value is -4.03. The van der Waals surface area contributed by atoms with Crippen molar-refractivity contribution in [2.75, 3.05) is 10.6 Å². The fourth-order valence-electron chi connectivity index (χ4n) is 3.76. The first kappa shape index (κ1) is 20.8. The van der Waals surface area contributed by atoms with Crippen molar-refractivity contribution in [1.82, 2.24) is 20.2 Å². The summed E-state index contributed by atoms with van der Waals surface area (Å²) in [7, 11) is 0. The zero-order valence-electron chi connectivity index (χ0n) is 17.6. The molecule has 0 spiro atoms. The molecule has 1 saturated carbocycles. The van der Waals surface area contributed by atoms with Crippen molar-refractivity contribution in [3.05, 3.63) is 63.9 Å². The van der Waals surface area contributed by atoms with Crippen molar-refractivity contribution < 1.29 is 9.59 Å². The minimum Gasteiger partial charge on any atom is -0.377 e.